The SMILES string of the molecule is CN1CCN(Cc2ccc(C(=O)NN(CC(C)(C)C)c3nc(C#N)c4cnccn34)cc2)CC1. The maximum atomic E-state index is 13.2. The fourth-order valence-electron chi connectivity index (χ4n) is 4.04. The first-order valence-corrected chi connectivity index (χ1v) is 11.5. The van der Waals surface area contributed by atoms with Crippen LogP contribution in [0.5, 0.6) is 0 Å². The summed E-state index contributed by atoms with van der Waals surface area (Å²) in [7, 11) is 2.15. The molecule has 3 aromatic rings. The molecule has 0 radical (unpaired) electrons. The molecule has 1 aliphatic heterocycles. The summed E-state index contributed by atoms with van der Waals surface area (Å²) in [4.78, 5) is 26.6. The molecule has 34 heavy (non-hydrogen) atoms. The Morgan fingerprint density at radius 1 is 1.18 bits per heavy atom. The van der Waals surface area contributed by atoms with Gasteiger partial charge in [-0.2, -0.15) is 10.2 Å². The Labute approximate surface area is 200 Å². The Hall–Kier alpha value is -3.48. The fourth-order valence-corrected chi connectivity index (χ4v) is 4.04. The van der Waals surface area contributed by atoms with Crippen molar-refractivity contribution in [2.24, 2.45) is 5.41 Å². The zero-order valence-corrected chi connectivity index (χ0v) is 20.3. The summed E-state index contributed by atoms with van der Waals surface area (Å²) in [6.07, 6.45) is 4.98. The lowest BCUT2D eigenvalue weighted by Crippen LogP contribution is -2.47. The zero-order valence-electron chi connectivity index (χ0n) is 20.3. The molecule has 3 heterocycles. The topological polar surface area (TPSA) is 92.8 Å². The van der Waals surface area contributed by atoms with Gasteiger partial charge in [0.2, 0.25) is 5.95 Å². The summed E-state index contributed by atoms with van der Waals surface area (Å²) in [6, 6.07) is 9.89. The second kappa shape index (κ2) is 9.79. The van der Waals surface area contributed by atoms with Crippen molar-refractivity contribution in [3.05, 3.63) is 59.7 Å². The second-order valence-corrected chi connectivity index (χ2v) is 10.1. The van der Waals surface area contributed by atoms with Crippen molar-refractivity contribution in [1.82, 2.24) is 29.6 Å². The summed E-state index contributed by atoms with van der Waals surface area (Å²) in [5, 5.41) is 11.2. The first-order valence-electron chi connectivity index (χ1n) is 11.5. The molecule has 1 aliphatic rings. The third-order valence-corrected chi connectivity index (χ3v) is 5.86. The quantitative estimate of drug-likeness (QED) is 0.565. The highest BCUT2D eigenvalue weighted by molar-refractivity contribution is 5.95. The van der Waals surface area contributed by atoms with Crippen LogP contribution in [0.3, 0.4) is 0 Å². The van der Waals surface area contributed by atoms with Gasteiger partial charge in [0.1, 0.15) is 11.6 Å². The van der Waals surface area contributed by atoms with Crippen LogP contribution in [0.15, 0.2) is 42.9 Å². The van der Waals surface area contributed by atoms with E-state index in [9.17, 15) is 10.1 Å². The van der Waals surface area contributed by atoms with Gasteiger partial charge >= 0.3 is 0 Å². The summed E-state index contributed by atoms with van der Waals surface area (Å²) in [5.74, 6) is 0.253. The number of fused-ring (bicyclic) bond motifs is 1. The van der Waals surface area contributed by atoms with Crippen LogP contribution in [0, 0.1) is 16.7 Å². The molecule has 1 saturated heterocycles. The van der Waals surface area contributed by atoms with Gasteiger partial charge in [-0.25, -0.2) is 0 Å². The van der Waals surface area contributed by atoms with Crippen molar-refractivity contribution in [3.63, 3.8) is 0 Å². The number of carbonyl (C=O) groups excluding carboxylic acids is 1. The van der Waals surface area contributed by atoms with E-state index < -0.39 is 0 Å². The molecule has 1 aromatic carbocycles. The van der Waals surface area contributed by atoms with Gasteiger partial charge in [-0.05, 0) is 30.2 Å². The third-order valence-electron chi connectivity index (χ3n) is 5.86. The highest BCUT2D eigenvalue weighted by atomic mass is 16.2. The molecule has 4 rings (SSSR count). The number of hydrogen-bond donors (Lipinski definition) is 1. The summed E-state index contributed by atoms with van der Waals surface area (Å²) in [6.45, 7) is 11.9. The van der Waals surface area contributed by atoms with Crippen LogP contribution in [-0.4, -0.2) is 69.8 Å². The van der Waals surface area contributed by atoms with E-state index >= 15 is 0 Å². The van der Waals surface area contributed by atoms with E-state index in [1.54, 1.807) is 28.0 Å². The van der Waals surface area contributed by atoms with E-state index in [4.69, 9.17) is 0 Å². The van der Waals surface area contributed by atoms with Gasteiger partial charge in [-0.15, -0.1) is 0 Å². The number of benzene rings is 1. The molecule has 0 atom stereocenters. The van der Waals surface area contributed by atoms with Crippen molar-refractivity contribution in [3.8, 4) is 6.07 Å². The number of carbonyl (C=O) groups is 1. The largest absolute Gasteiger partial charge is 0.304 e. The predicted molar refractivity (Wildman–Crippen MR) is 131 cm³/mol. The molecule has 1 N–H and O–H groups in total. The van der Waals surface area contributed by atoms with Gasteiger partial charge in [0.25, 0.3) is 5.91 Å². The number of hydrogen-bond acceptors (Lipinski definition) is 7. The number of aromatic nitrogens is 3. The lowest BCUT2D eigenvalue weighted by Gasteiger charge is -2.32. The number of likely N-dealkylation sites (N-methyl/N-ethyl adjacent to an activating group) is 1. The first-order chi connectivity index (χ1) is 16.2. The van der Waals surface area contributed by atoms with Gasteiger partial charge in [0.05, 0.1) is 6.20 Å². The Morgan fingerprint density at radius 3 is 2.53 bits per heavy atom. The Bertz CT molecular complexity index is 1180. The maximum absolute atomic E-state index is 13.2. The van der Waals surface area contributed by atoms with E-state index in [-0.39, 0.29) is 17.0 Å². The normalized spacial score (nSPS) is 15.3. The summed E-state index contributed by atoms with van der Waals surface area (Å²) < 4.78 is 1.77. The second-order valence-electron chi connectivity index (χ2n) is 10.1. The average Bonchev–Trinajstić information content (AvgIpc) is 3.19. The number of rotatable bonds is 6. The Balaban J connectivity index is 1.52. The van der Waals surface area contributed by atoms with Crippen LogP contribution in [0.25, 0.3) is 5.52 Å². The van der Waals surface area contributed by atoms with Crippen LogP contribution >= 0.6 is 0 Å². The van der Waals surface area contributed by atoms with E-state index in [1.165, 1.54) is 5.56 Å². The first kappa shape index (κ1) is 23.7. The number of piperazine rings is 1. The van der Waals surface area contributed by atoms with Gasteiger partial charge in [-0.3, -0.25) is 29.5 Å². The third kappa shape index (κ3) is 5.53. The standard InChI is InChI=1S/C25H32N8O/c1-25(2,3)18-33(24-28-21(15-26)22-16-27-9-10-32(22)24)29-23(34)20-7-5-19(6-8-20)17-31-13-11-30(4)12-14-31/h5-10,16H,11-14,17-18H2,1-4H3,(H,29,34). The van der Waals surface area contributed by atoms with E-state index in [1.807, 2.05) is 24.3 Å². The summed E-state index contributed by atoms with van der Waals surface area (Å²) >= 11 is 0. The van der Waals surface area contributed by atoms with Crippen molar-refractivity contribution in [2.75, 3.05) is 44.8 Å². The lowest BCUT2D eigenvalue weighted by molar-refractivity contribution is 0.0944. The van der Waals surface area contributed by atoms with Crippen molar-refractivity contribution in [2.45, 2.75) is 27.3 Å². The molecule has 0 saturated carbocycles. The molecule has 1 amide bonds. The number of amides is 1. The highest BCUT2D eigenvalue weighted by Crippen LogP contribution is 2.23. The van der Waals surface area contributed by atoms with E-state index in [0.717, 1.165) is 32.7 Å². The van der Waals surface area contributed by atoms with Gasteiger partial charge in [-0.1, -0.05) is 32.9 Å². The van der Waals surface area contributed by atoms with Crippen LogP contribution in [0.2, 0.25) is 0 Å². The molecule has 0 aliphatic carbocycles. The lowest BCUT2D eigenvalue weighted by atomic mass is 9.97. The van der Waals surface area contributed by atoms with Crippen LogP contribution < -0.4 is 10.4 Å². The number of anilines is 1. The van der Waals surface area contributed by atoms with Crippen LogP contribution in [0.1, 0.15) is 42.4 Å². The molecule has 9 heteroatoms. The van der Waals surface area contributed by atoms with Crippen molar-refractivity contribution >= 4 is 17.4 Å². The molecule has 0 unspecified atom stereocenters. The average molecular weight is 461 g/mol. The maximum Gasteiger partial charge on any atom is 0.269 e. The molecule has 0 bridgehead atoms. The van der Waals surface area contributed by atoms with Crippen LogP contribution in [-0.2, 0) is 6.54 Å². The minimum Gasteiger partial charge on any atom is -0.304 e. The molecule has 2 aromatic heterocycles. The smallest absolute Gasteiger partial charge is 0.269 e. The number of hydrazine groups is 1. The fraction of sp³-hybridized carbons (Fsp3) is 0.440. The minimum absolute atomic E-state index is 0.134. The predicted octanol–water partition coefficient (Wildman–Crippen LogP) is 2.55. The number of nitrogens with zero attached hydrogens (tertiary/aromatic N) is 7. The van der Waals surface area contributed by atoms with E-state index in [0.29, 0.717) is 23.6 Å². The molecular weight excluding hydrogens is 428 g/mol. The van der Waals surface area contributed by atoms with Crippen LogP contribution in [0.4, 0.5) is 5.95 Å². The van der Waals surface area contributed by atoms with Gasteiger partial charge < -0.3 is 4.90 Å². The Kier molecular flexibility index (Phi) is 6.82. The number of imidazole rings is 1. The number of nitriles is 1. The van der Waals surface area contributed by atoms with E-state index in [2.05, 4.69) is 59.1 Å². The van der Waals surface area contributed by atoms with Crippen molar-refractivity contribution in [1.29, 1.82) is 5.26 Å². The molecule has 9 nitrogen and oxygen atoms in total. The van der Waals surface area contributed by atoms with Gasteiger partial charge in [0, 0.05) is 57.2 Å². The zero-order chi connectivity index (χ0) is 24.3. The molecule has 0 spiro atoms. The molecule has 178 valence electrons. The monoisotopic (exact) mass is 460 g/mol. The molecular formula is C25H32N8O. The summed E-state index contributed by atoms with van der Waals surface area (Å²) in [5.41, 5.74) is 5.51. The van der Waals surface area contributed by atoms with Crippen molar-refractivity contribution < 1.29 is 4.79 Å². The number of nitrogens with one attached hydrogen (secondary N) is 1. The van der Waals surface area contributed by atoms with Gasteiger partial charge in [0.15, 0.2) is 5.69 Å². The minimum atomic E-state index is -0.222. The highest BCUT2D eigenvalue weighted by Gasteiger charge is 2.24. The Morgan fingerprint density at radius 2 is 1.88 bits per heavy atom. The molecule has 1 fully saturated rings.